The molecular weight excluding hydrogens is 208 g/mol. The topological polar surface area (TPSA) is 29.3 Å². The molecule has 0 aromatic heterocycles. The van der Waals surface area contributed by atoms with Gasteiger partial charge in [0.2, 0.25) is 0 Å². The summed E-state index contributed by atoms with van der Waals surface area (Å²) in [4.78, 5) is 2.41. The maximum Gasteiger partial charge on any atom is 0.0538 e. The molecule has 2 N–H and O–H groups in total. The molecule has 0 bridgehead atoms. The van der Waals surface area contributed by atoms with E-state index >= 15 is 0 Å². The van der Waals surface area contributed by atoms with Crippen LogP contribution in [-0.2, 0) is 5.54 Å². The van der Waals surface area contributed by atoms with E-state index < -0.39 is 0 Å². The van der Waals surface area contributed by atoms with E-state index in [1.54, 1.807) is 0 Å². The number of nitrogens with zero attached hydrogens (tertiary/aromatic N) is 1. The Bertz CT molecular complexity index is 306. The van der Waals surface area contributed by atoms with E-state index in [9.17, 15) is 0 Å². The Balaban J connectivity index is 2.89. The minimum absolute atomic E-state index is 0.206. The normalized spacial score (nSPS) is 14.9. The smallest absolute Gasteiger partial charge is 0.0538 e. The number of benzene rings is 1. The van der Waals surface area contributed by atoms with Crippen molar-refractivity contribution in [3.63, 3.8) is 0 Å². The van der Waals surface area contributed by atoms with Gasteiger partial charge in [0.05, 0.1) is 5.54 Å². The van der Waals surface area contributed by atoms with E-state index in [2.05, 4.69) is 49.9 Å². The monoisotopic (exact) mass is 234 g/mol. The Morgan fingerprint density at radius 3 is 2.12 bits per heavy atom. The molecule has 0 spiro atoms. The minimum Gasteiger partial charge on any atom is -0.320 e. The molecule has 0 amide bonds. The van der Waals surface area contributed by atoms with Gasteiger partial charge in [-0.3, -0.25) is 0 Å². The summed E-state index contributed by atoms with van der Waals surface area (Å²) in [5.41, 5.74) is 7.69. The van der Waals surface area contributed by atoms with Crippen LogP contribution in [-0.4, -0.2) is 24.5 Å². The molecule has 1 unspecified atom stereocenters. The highest BCUT2D eigenvalue weighted by Gasteiger charge is 2.27. The van der Waals surface area contributed by atoms with Crippen LogP contribution < -0.4 is 5.73 Å². The molecule has 1 aromatic carbocycles. The Morgan fingerprint density at radius 1 is 1.06 bits per heavy atom. The zero-order valence-electron chi connectivity index (χ0n) is 11.4. The summed E-state index contributed by atoms with van der Waals surface area (Å²) < 4.78 is 0. The van der Waals surface area contributed by atoms with Crippen molar-refractivity contribution in [1.82, 2.24) is 4.90 Å². The largest absolute Gasteiger partial charge is 0.320 e. The van der Waals surface area contributed by atoms with Gasteiger partial charge in [0.15, 0.2) is 0 Å². The SMILES string of the molecule is CCCC(N)(CN(CC)CC)c1ccccc1. The fourth-order valence-electron chi connectivity index (χ4n) is 2.38. The summed E-state index contributed by atoms with van der Waals surface area (Å²) in [6.07, 6.45) is 2.15. The van der Waals surface area contributed by atoms with Crippen LogP contribution in [0, 0.1) is 0 Å². The molecule has 0 fully saturated rings. The lowest BCUT2D eigenvalue weighted by Crippen LogP contribution is -2.47. The number of rotatable bonds is 7. The van der Waals surface area contributed by atoms with E-state index in [0.717, 1.165) is 32.5 Å². The third kappa shape index (κ3) is 3.83. The highest BCUT2D eigenvalue weighted by molar-refractivity contribution is 5.24. The fraction of sp³-hybridized carbons (Fsp3) is 0.600. The van der Waals surface area contributed by atoms with Crippen molar-refractivity contribution in [2.45, 2.75) is 39.2 Å². The molecule has 2 heteroatoms. The predicted octanol–water partition coefficient (Wildman–Crippen LogP) is 2.98. The molecule has 0 heterocycles. The van der Waals surface area contributed by atoms with Crippen molar-refractivity contribution in [2.75, 3.05) is 19.6 Å². The molecule has 1 aromatic rings. The van der Waals surface area contributed by atoms with Crippen LogP contribution in [0.25, 0.3) is 0 Å². The molecule has 0 radical (unpaired) electrons. The predicted molar refractivity (Wildman–Crippen MR) is 75.0 cm³/mol. The number of likely N-dealkylation sites (N-methyl/N-ethyl adjacent to an activating group) is 1. The van der Waals surface area contributed by atoms with E-state index in [0.29, 0.717) is 0 Å². The van der Waals surface area contributed by atoms with E-state index in [4.69, 9.17) is 5.73 Å². The summed E-state index contributed by atoms with van der Waals surface area (Å²) in [5.74, 6) is 0. The van der Waals surface area contributed by atoms with E-state index in [1.165, 1.54) is 5.56 Å². The number of hydrogen-bond acceptors (Lipinski definition) is 2. The quantitative estimate of drug-likeness (QED) is 0.786. The van der Waals surface area contributed by atoms with Crippen molar-refractivity contribution in [3.05, 3.63) is 35.9 Å². The van der Waals surface area contributed by atoms with Crippen molar-refractivity contribution in [1.29, 1.82) is 0 Å². The average Bonchev–Trinajstić information content (AvgIpc) is 2.37. The Hall–Kier alpha value is -0.860. The zero-order chi connectivity index (χ0) is 12.7. The first-order chi connectivity index (χ1) is 8.16. The van der Waals surface area contributed by atoms with Gasteiger partial charge in [-0.1, -0.05) is 57.5 Å². The Labute approximate surface area is 106 Å². The van der Waals surface area contributed by atoms with Gasteiger partial charge in [0.25, 0.3) is 0 Å². The summed E-state index contributed by atoms with van der Waals surface area (Å²) in [5, 5.41) is 0. The first kappa shape index (κ1) is 14.2. The molecule has 17 heavy (non-hydrogen) atoms. The van der Waals surface area contributed by atoms with Crippen LogP contribution in [0.3, 0.4) is 0 Å². The van der Waals surface area contributed by atoms with Crippen LogP contribution in [0.15, 0.2) is 30.3 Å². The van der Waals surface area contributed by atoms with Crippen LogP contribution in [0.5, 0.6) is 0 Å². The Morgan fingerprint density at radius 2 is 1.65 bits per heavy atom. The number of hydrogen-bond donors (Lipinski definition) is 1. The molecule has 0 aliphatic heterocycles. The van der Waals surface area contributed by atoms with Gasteiger partial charge in [-0.2, -0.15) is 0 Å². The molecule has 0 aliphatic rings. The molecule has 96 valence electrons. The molecule has 0 saturated heterocycles. The second-order valence-corrected chi connectivity index (χ2v) is 4.73. The standard InChI is InChI=1S/C15H26N2/c1-4-12-15(16,13-17(5-2)6-3)14-10-8-7-9-11-14/h7-11H,4-6,12-13,16H2,1-3H3. The van der Waals surface area contributed by atoms with Gasteiger partial charge in [-0.25, -0.2) is 0 Å². The third-order valence-corrected chi connectivity index (χ3v) is 3.44. The van der Waals surface area contributed by atoms with Crippen LogP contribution in [0.1, 0.15) is 39.2 Å². The lowest BCUT2D eigenvalue weighted by atomic mass is 9.86. The van der Waals surface area contributed by atoms with Gasteiger partial charge in [-0.15, -0.1) is 0 Å². The third-order valence-electron chi connectivity index (χ3n) is 3.44. The molecule has 0 aliphatic carbocycles. The van der Waals surface area contributed by atoms with E-state index in [-0.39, 0.29) is 5.54 Å². The zero-order valence-corrected chi connectivity index (χ0v) is 11.4. The van der Waals surface area contributed by atoms with Gasteiger partial charge >= 0.3 is 0 Å². The van der Waals surface area contributed by atoms with Gasteiger partial charge in [0, 0.05) is 6.54 Å². The maximum absolute atomic E-state index is 6.64. The summed E-state index contributed by atoms with van der Waals surface area (Å²) in [7, 11) is 0. The van der Waals surface area contributed by atoms with Gasteiger partial charge in [0.1, 0.15) is 0 Å². The highest BCUT2D eigenvalue weighted by Crippen LogP contribution is 2.24. The first-order valence-corrected chi connectivity index (χ1v) is 6.73. The average molecular weight is 234 g/mol. The lowest BCUT2D eigenvalue weighted by Gasteiger charge is -2.35. The van der Waals surface area contributed by atoms with Crippen LogP contribution in [0.2, 0.25) is 0 Å². The van der Waals surface area contributed by atoms with Crippen LogP contribution >= 0.6 is 0 Å². The minimum atomic E-state index is -0.206. The molecule has 1 rings (SSSR count). The number of nitrogens with two attached hydrogens (primary N) is 1. The van der Waals surface area contributed by atoms with E-state index in [1.807, 2.05) is 6.07 Å². The van der Waals surface area contributed by atoms with Crippen molar-refractivity contribution in [3.8, 4) is 0 Å². The second-order valence-electron chi connectivity index (χ2n) is 4.73. The molecule has 1 atom stereocenters. The van der Waals surface area contributed by atoms with Crippen LogP contribution in [0.4, 0.5) is 0 Å². The van der Waals surface area contributed by atoms with Gasteiger partial charge in [-0.05, 0) is 25.1 Å². The summed E-state index contributed by atoms with van der Waals surface area (Å²) in [6, 6.07) is 10.5. The Kier molecular flexibility index (Phi) is 5.66. The second kappa shape index (κ2) is 6.77. The van der Waals surface area contributed by atoms with Crippen molar-refractivity contribution < 1.29 is 0 Å². The highest BCUT2D eigenvalue weighted by atomic mass is 15.1. The lowest BCUT2D eigenvalue weighted by molar-refractivity contribution is 0.215. The molecule has 0 saturated carbocycles. The fourth-order valence-corrected chi connectivity index (χ4v) is 2.38. The molecule has 2 nitrogen and oxygen atoms in total. The van der Waals surface area contributed by atoms with Crippen molar-refractivity contribution in [2.24, 2.45) is 5.73 Å². The van der Waals surface area contributed by atoms with Gasteiger partial charge < -0.3 is 10.6 Å². The summed E-state index contributed by atoms with van der Waals surface area (Å²) in [6.45, 7) is 9.66. The maximum atomic E-state index is 6.64. The van der Waals surface area contributed by atoms with Crippen molar-refractivity contribution >= 4 is 0 Å². The first-order valence-electron chi connectivity index (χ1n) is 6.73. The summed E-state index contributed by atoms with van der Waals surface area (Å²) >= 11 is 0. The molecular formula is C15H26N2.